The predicted octanol–water partition coefficient (Wildman–Crippen LogP) is 5.83. The highest BCUT2D eigenvalue weighted by Crippen LogP contribution is 2.28. The molecular weight excluding hydrogens is 496 g/mol. The van der Waals surface area contributed by atoms with Crippen molar-refractivity contribution in [1.82, 2.24) is 19.8 Å². The van der Waals surface area contributed by atoms with Crippen molar-refractivity contribution in [3.63, 3.8) is 0 Å². The summed E-state index contributed by atoms with van der Waals surface area (Å²) in [5, 5.41) is 5.15. The fourth-order valence-corrected chi connectivity index (χ4v) is 6.26. The number of hydrogen-bond donors (Lipinski definition) is 1. The second-order valence-electron chi connectivity index (χ2n) is 11.0. The second-order valence-corrected chi connectivity index (χ2v) is 12.0. The average Bonchev–Trinajstić information content (AvgIpc) is 3.51. The fourth-order valence-electron chi connectivity index (χ4n) is 5.56. The van der Waals surface area contributed by atoms with Gasteiger partial charge in [-0.3, -0.25) is 9.59 Å². The Bertz CT molecular complexity index is 1220. The van der Waals surface area contributed by atoms with Gasteiger partial charge in [0.15, 0.2) is 0 Å². The van der Waals surface area contributed by atoms with E-state index in [1.807, 2.05) is 36.9 Å². The summed E-state index contributed by atoms with van der Waals surface area (Å²) >= 11 is 1.74. The summed E-state index contributed by atoms with van der Waals surface area (Å²) in [6.07, 6.45) is 3.34. The van der Waals surface area contributed by atoms with Crippen LogP contribution in [0.4, 0.5) is 0 Å². The highest BCUT2D eigenvalue weighted by Gasteiger charge is 2.32. The average molecular weight is 539 g/mol. The molecule has 0 spiro atoms. The van der Waals surface area contributed by atoms with Crippen LogP contribution in [0.3, 0.4) is 0 Å². The molecule has 4 rings (SSSR count). The largest absolute Gasteiger partial charge is 0.372 e. The Labute approximate surface area is 230 Å². The quantitative estimate of drug-likeness (QED) is 0.352. The van der Waals surface area contributed by atoms with Crippen molar-refractivity contribution < 1.29 is 14.3 Å². The number of amides is 2. The van der Waals surface area contributed by atoms with Crippen LogP contribution < -0.4 is 5.32 Å². The summed E-state index contributed by atoms with van der Waals surface area (Å²) in [5.41, 5.74) is 2.39. The van der Waals surface area contributed by atoms with Gasteiger partial charge in [0.05, 0.1) is 23.2 Å². The van der Waals surface area contributed by atoms with Gasteiger partial charge in [0.25, 0.3) is 5.91 Å². The summed E-state index contributed by atoms with van der Waals surface area (Å²) in [6, 6.07) is 9.73. The molecule has 3 aromatic rings. The molecule has 3 heterocycles. The molecule has 2 amide bonds. The van der Waals surface area contributed by atoms with Crippen molar-refractivity contribution in [1.29, 1.82) is 0 Å². The van der Waals surface area contributed by atoms with Crippen LogP contribution in [0.1, 0.15) is 87.9 Å². The van der Waals surface area contributed by atoms with Crippen LogP contribution in [0, 0.1) is 5.92 Å². The van der Waals surface area contributed by atoms with E-state index in [-0.39, 0.29) is 29.9 Å². The number of nitrogens with zero attached hydrogens (tertiary/aromatic N) is 3. The number of aromatic nitrogens is 2. The molecule has 0 aliphatic carbocycles. The van der Waals surface area contributed by atoms with E-state index in [4.69, 9.17) is 9.72 Å². The maximum atomic E-state index is 13.5. The number of benzene rings is 1. The van der Waals surface area contributed by atoms with Gasteiger partial charge in [-0.15, -0.1) is 11.3 Å². The van der Waals surface area contributed by atoms with E-state index in [1.165, 1.54) is 4.88 Å². The minimum Gasteiger partial charge on any atom is -0.372 e. The zero-order valence-corrected chi connectivity index (χ0v) is 24.4. The van der Waals surface area contributed by atoms with Crippen molar-refractivity contribution in [3.8, 4) is 0 Å². The molecule has 1 saturated heterocycles. The molecule has 0 radical (unpaired) electrons. The minimum absolute atomic E-state index is 0.0194. The molecule has 2 aromatic heterocycles. The SMILES string of the molecule is CCC(CC)n1c(Cc2cccs2)nc2cc(C(=O)NC(CC(C)C)C(=O)N3CC(C)OC(C)C3)ccc21. The standard InChI is InChI=1S/C30H42N4O3S/c1-7-23(8-2)34-27-12-11-22(15-25(27)31-28(34)16-24-10-9-13-38-24)29(35)32-26(14-19(3)4)30(36)33-17-20(5)37-21(6)18-33/h9-13,15,19-21,23,26H,7-8,14,16-18H2,1-6H3,(H,32,35). The number of carbonyl (C=O) groups is 2. The van der Waals surface area contributed by atoms with E-state index in [1.54, 1.807) is 11.3 Å². The normalized spacial score (nSPS) is 18.9. The lowest BCUT2D eigenvalue weighted by Gasteiger charge is -2.37. The number of carbonyl (C=O) groups excluding carboxylic acids is 2. The van der Waals surface area contributed by atoms with E-state index >= 15 is 0 Å². The highest BCUT2D eigenvalue weighted by atomic mass is 32.1. The van der Waals surface area contributed by atoms with E-state index in [2.05, 4.69) is 55.1 Å². The molecule has 0 bridgehead atoms. The van der Waals surface area contributed by atoms with E-state index < -0.39 is 6.04 Å². The molecule has 1 N–H and O–H groups in total. The molecule has 206 valence electrons. The molecule has 38 heavy (non-hydrogen) atoms. The zero-order valence-electron chi connectivity index (χ0n) is 23.6. The number of hydrogen-bond acceptors (Lipinski definition) is 5. The van der Waals surface area contributed by atoms with Gasteiger partial charge >= 0.3 is 0 Å². The predicted molar refractivity (Wildman–Crippen MR) is 154 cm³/mol. The molecular formula is C30H42N4O3S. The van der Waals surface area contributed by atoms with Gasteiger partial charge in [0.1, 0.15) is 11.9 Å². The minimum atomic E-state index is -0.577. The molecule has 3 unspecified atom stereocenters. The number of rotatable bonds is 10. The van der Waals surface area contributed by atoms with Crippen LogP contribution in [-0.2, 0) is 16.0 Å². The van der Waals surface area contributed by atoms with Crippen molar-refractivity contribution in [3.05, 3.63) is 52.0 Å². The Hall–Kier alpha value is -2.71. The van der Waals surface area contributed by atoms with Crippen LogP contribution in [0.2, 0.25) is 0 Å². The Morgan fingerprint density at radius 3 is 2.45 bits per heavy atom. The monoisotopic (exact) mass is 538 g/mol. The van der Waals surface area contributed by atoms with Crippen LogP contribution in [0.25, 0.3) is 11.0 Å². The molecule has 1 fully saturated rings. The van der Waals surface area contributed by atoms with Gasteiger partial charge in [-0.25, -0.2) is 4.98 Å². The Kier molecular flexibility index (Phi) is 9.26. The fraction of sp³-hybridized carbons (Fsp3) is 0.567. The smallest absolute Gasteiger partial charge is 0.252 e. The first-order valence-corrected chi connectivity index (χ1v) is 14.9. The third-order valence-corrected chi connectivity index (χ3v) is 8.16. The van der Waals surface area contributed by atoms with Gasteiger partial charge in [0.2, 0.25) is 5.91 Å². The first-order chi connectivity index (χ1) is 18.2. The Morgan fingerprint density at radius 2 is 1.84 bits per heavy atom. The van der Waals surface area contributed by atoms with E-state index in [0.29, 0.717) is 31.1 Å². The van der Waals surface area contributed by atoms with Crippen LogP contribution in [-0.4, -0.2) is 57.6 Å². The molecule has 1 aromatic carbocycles. The van der Waals surface area contributed by atoms with Crippen LogP contribution in [0.15, 0.2) is 35.7 Å². The Balaban J connectivity index is 1.60. The zero-order chi connectivity index (χ0) is 27.4. The van der Waals surface area contributed by atoms with Crippen molar-refractivity contribution in [2.24, 2.45) is 5.92 Å². The summed E-state index contributed by atoms with van der Waals surface area (Å²) in [4.78, 5) is 35.0. The molecule has 8 heteroatoms. The summed E-state index contributed by atoms with van der Waals surface area (Å²) in [7, 11) is 0. The van der Waals surface area contributed by atoms with Gasteiger partial charge < -0.3 is 19.5 Å². The van der Waals surface area contributed by atoms with Crippen LogP contribution >= 0.6 is 11.3 Å². The number of nitrogens with one attached hydrogen (secondary N) is 1. The number of ether oxygens (including phenoxy) is 1. The molecule has 1 aliphatic heterocycles. The lowest BCUT2D eigenvalue weighted by atomic mass is 10.0. The number of imidazole rings is 1. The van der Waals surface area contributed by atoms with Gasteiger partial charge in [-0.2, -0.15) is 0 Å². The Morgan fingerprint density at radius 1 is 1.13 bits per heavy atom. The summed E-state index contributed by atoms with van der Waals surface area (Å²) in [6.45, 7) is 13.6. The van der Waals surface area contributed by atoms with E-state index in [9.17, 15) is 9.59 Å². The topological polar surface area (TPSA) is 76.5 Å². The van der Waals surface area contributed by atoms with Crippen molar-refractivity contribution in [2.45, 2.75) is 91.5 Å². The summed E-state index contributed by atoms with van der Waals surface area (Å²) in [5.74, 6) is 1.01. The lowest BCUT2D eigenvalue weighted by molar-refractivity contribution is -0.145. The van der Waals surface area contributed by atoms with Crippen molar-refractivity contribution >= 4 is 34.2 Å². The maximum Gasteiger partial charge on any atom is 0.252 e. The third-order valence-electron chi connectivity index (χ3n) is 7.29. The number of morpholine rings is 1. The first-order valence-electron chi connectivity index (χ1n) is 14.0. The molecule has 3 atom stereocenters. The highest BCUT2D eigenvalue weighted by molar-refractivity contribution is 7.09. The third kappa shape index (κ3) is 6.46. The van der Waals surface area contributed by atoms with Gasteiger partial charge in [-0.1, -0.05) is 33.8 Å². The van der Waals surface area contributed by atoms with Gasteiger partial charge in [0, 0.05) is 36.0 Å². The maximum absolute atomic E-state index is 13.5. The number of fused-ring (bicyclic) bond motifs is 1. The van der Waals surface area contributed by atoms with Gasteiger partial charge in [-0.05, 0) is 68.7 Å². The first kappa shape index (κ1) is 28.3. The second kappa shape index (κ2) is 12.4. The number of thiophene rings is 1. The molecule has 0 saturated carbocycles. The molecule has 1 aliphatic rings. The molecule has 7 nitrogen and oxygen atoms in total. The van der Waals surface area contributed by atoms with Crippen LogP contribution in [0.5, 0.6) is 0 Å². The van der Waals surface area contributed by atoms with E-state index in [0.717, 1.165) is 36.1 Å². The lowest BCUT2D eigenvalue weighted by Crippen LogP contribution is -2.55. The van der Waals surface area contributed by atoms with Crippen molar-refractivity contribution in [2.75, 3.05) is 13.1 Å². The summed E-state index contributed by atoms with van der Waals surface area (Å²) < 4.78 is 8.16.